The van der Waals surface area contributed by atoms with Crippen molar-refractivity contribution in [2.45, 2.75) is 25.7 Å². The van der Waals surface area contributed by atoms with Gasteiger partial charge in [0.25, 0.3) is 0 Å². The highest BCUT2D eigenvalue weighted by Gasteiger charge is 2.25. The zero-order valence-electron chi connectivity index (χ0n) is 16.3. The summed E-state index contributed by atoms with van der Waals surface area (Å²) in [6.45, 7) is 1.49. The Kier molecular flexibility index (Phi) is 5.80. The molecule has 2 aromatic heterocycles. The van der Waals surface area contributed by atoms with E-state index >= 15 is 0 Å². The lowest BCUT2D eigenvalue weighted by molar-refractivity contribution is -0.131. The molecule has 7 nitrogen and oxygen atoms in total. The summed E-state index contributed by atoms with van der Waals surface area (Å²) < 4.78 is 6.82. The zero-order valence-corrected chi connectivity index (χ0v) is 17.2. The molecule has 1 aromatic carbocycles. The number of rotatable bonds is 6. The molecule has 1 saturated heterocycles. The fraction of sp³-hybridized carbons (Fsp3) is 0.381. The van der Waals surface area contributed by atoms with Crippen LogP contribution in [-0.4, -0.2) is 45.8 Å². The highest BCUT2D eigenvalue weighted by Crippen LogP contribution is 2.23. The first-order valence-electron chi connectivity index (χ1n) is 9.75. The molecule has 1 amide bonds. The highest BCUT2D eigenvalue weighted by atomic mass is 32.1. The van der Waals surface area contributed by atoms with Crippen molar-refractivity contribution >= 4 is 17.2 Å². The second-order valence-corrected chi connectivity index (χ2v) is 8.21. The Morgan fingerprint density at radius 2 is 2.00 bits per heavy atom. The summed E-state index contributed by atoms with van der Waals surface area (Å²) in [5.41, 5.74) is 0.795. The van der Waals surface area contributed by atoms with Gasteiger partial charge in [-0.25, -0.2) is 14.5 Å². The molecule has 0 saturated carbocycles. The fourth-order valence-corrected chi connectivity index (χ4v) is 4.51. The van der Waals surface area contributed by atoms with Crippen molar-refractivity contribution in [3.05, 3.63) is 63.7 Å². The van der Waals surface area contributed by atoms with Gasteiger partial charge < -0.3 is 9.64 Å². The van der Waals surface area contributed by atoms with Gasteiger partial charge in [-0.05, 0) is 54.0 Å². The number of hydrogen-bond acceptors (Lipinski definition) is 5. The van der Waals surface area contributed by atoms with Crippen molar-refractivity contribution in [3.8, 4) is 10.8 Å². The monoisotopic (exact) mass is 412 g/mol. The summed E-state index contributed by atoms with van der Waals surface area (Å²) in [6.07, 6.45) is 2.97. The van der Waals surface area contributed by atoms with Gasteiger partial charge in [0.05, 0.1) is 13.5 Å². The quantitative estimate of drug-likeness (QED) is 0.675. The van der Waals surface area contributed by atoms with Crippen molar-refractivity contribution in [2.75, 3.05) is 20.2 Å². The Labute approximate surface area is 172 Å². The first-order chi connectivity index (χ1) is 14.1. The van der Waals surface area contributed by atoms with E-state index < -0.39 is 0 Å². The van der Waals surface area contributed by atoms with Crippen LogP contribution in [0.25, 0.3) is 5.00 Å². The van der Waals surface area contributed by atoms with E-state index in [0.29, 0.717) is 12.3 Å². The van der Waals surface area contributed by atoms with E-state index in [2.05, 4.69) is 10.2 Å². The first kappa shape index (κ1) is 19.4. The van der Waals surface area contributed by atoms with E-state index in [4.69, 9.17) is 4.74 Å². The van der Waals surface area contributed by atoms with Crippen LogP contribution in [0.2, 0.25) is 0 Å². The fourth-order valence-electron chi connectivity index (χ4n) is 3.77. The Morgan fingerprint density at radius 3 is 2.66 bits per heavy atom. The average Bonchev–Trinajstić information content (AvgIpc) is 3.39. The molecule has 29 heavy (non-hydrogen) atoms. The molecule has 152 valence electrons. The minimum absolute atomic E-state index is 0.156. The zero-order chi connectivity index (χ0) is 20.2. The number of benzene rings is 1. The van der Waals surface area contributed by atoms with Crippen LogP contribution in [0.4, 0.5) is 0 Å². The van der Waals surface area contributed by atoms with Crippen LogP contribution < -0.4 is 10.4 Å². The number of methoxy groups -OCH3 is 1. The molecule has 1 fully saturated rings. The number of hydrogen-bond donors (Lipinski definition) is 1. The SMILES string of the molecule is COc1ccc(CC(=O)N2CCC(Cc3n[nH]c(=O)n3-c3cccs3)CC2)cc1. The van der Waals surface area contributed by atoms with Crippen molar-refractivity contribution in [3.63, 3.8) is 0 Å². The number of aromatic amines is 1. The lowest BCUT2D eigenvalue weighted by atomic mass is 9.93. The van der Waals surface area contributed by atoms with E-state index in [9.17, 15) is 9.59 Å². The maximum Gasteiger partial charge on any atom is 0.348 e. The number of thiophene rings is 1. The van der Waals surface area contributed by atoms with Crippen LogP contribution in [0.1, 0.15) is 24.2 Å². The molecule has 0 unspecified atom stereocenters. The number of carbonyl (C=O) groups is 1. The Balaban J connectivity index is 1.33. The third-order valence-electron chi connectivity index (χ3n) is 5.42. The molecule has 0 radical (unpaired) electrons. The summed E-state index contributed by atoms with van der Waals surface area (Å²) in [5, 5.41) is 9.63. The summed E-state index contributed by atoms with van der Waals surface area (Å²) in [4.78, 5) is 26.7. The van der Waals surface area contributed by atoms with E-state index in [1.54, 1.807) is 11.7 Å². The van der Waals surface area contributed by atoms with Crippen LogP contribution in [-0.2, 0) is 17.6 Å². The van der Waals surface area contributed by atoms with Gasteiger partial charge in [0.15, 0.2) is 0 Å². The highest BCUT2D eigenvalue weighted by molar-refractivity contribution is 7.12. The van der Waals surface area contributed by atoms with Crippen LogP contribution in [0.3, 0.4) is 0 Å². The molecule has 3 heterocycles. The largest absolute Gasteiger partial charge is 0.497 e. The minimum Gasteiger partial charge on any atom is -0.497 e. The van der Waals surface area contributed by atoms with Crippen LogP contribution in [0, 0.1) is 5.92 Å². The number of nitrogens with zero attached hydrogens (tertiary/aromatic N) is 3. The van der Waals surface area contributed by atoms with Crippen LogP contribution in [0.15, 0.2) is 46.6 Å². The lowest BCUT2D eigenvalue weighted by Crippen LogP contribution is -2.39. The van der Waals surface area contributed by atoms with Gasteiger partial charge in [-0.15, -0.1) is 11.3 Å². The smallest absolute Gasteiger partial charge is 0.348 e. The van der Waals surface area contributed by atoms with Gasteiger partial charge in [0.1, 0.15) is 16.6 Å². The van der Waals surface area contributed by atoms with E-state index in [0.717, 1.165) is 54.5 Å². The predicted molar refractivity (Wildman–Crippen MR) is 112 cm³/mol. The molecule has 4 rings (SSSR count). The molecule has 1 aliphatic heterocycles. The number of aromatic nitrogens is 3. The second kappa shape index (κ2) is 8.65. The van der Waals surface area contributed by atoms with Crippen molar-refractivity contribution in [1.82, 2.24) is 19.7 Å². The van der Waals surface area contributed by atoms with Gasteiger partial charge in [-0.1, -0.05) is 12.1 Å². The molecule has 1 N–H and O–H groups in total. The summed E-state index contributed by atoms with van der Waals surface area (Å²) in [7, 11) is 1.63. The molecule has 0 bridgehead atoms. The molecule has 3 aromatic rings. The number of likely N-dealkylation sites (tertiary alicyclic amines) is 1. The molecule has 0 atom stereocenters. The maximum absolute atomic E-state index is 12.6. The standard InChI is InChI=1S/C21H24N4O3S/c1-28-17-6-4-15(5-7-17)14-19(26)24-10-8-16(9-11-24)13-18-22-23-21(27)25(18)20-3-2-12-29-20/h2-7,12,16H,8-11,13-14H2,1H3,(H,23,27). The molecule has 8 heteroatoms. The molecule has 0 aliphatic carbocycles. The minimum atomic E-state index is -0.199. The molecular weight excluding hydrogens is 388 g/mol. The third kappa shape index (κ3) is 4.42. The van der Waals surface area contributed by atoms with Gasteiger partial charge in [-0.3, -0.25) is 4.79 Å². The van der Waals surface area contributed by atoms with E-state index in [1.807, 2.05) is 46.7 Å². The molecule has 0 spiro atoms. The summed E-state index contributed by atoms with van der Waals surface area (Å²) in [5.74, 6) is 2.12. The molecular formula is C21H24N4O3S. The van der Waals surface area contributed by atoms with Gasteiger partial charge >= 0.3 is 5.69 Å². The topological polar surface area (TPSA) is 80.2 Å². The van der Waals surface area contributed by atoms with Crippen molar-refractivity contribution < 1.29 is 9.53 Å². The number of H-pyrrole nitrogens is 1. The Hall–Kier alpha value is -2.87. The number of carbonyl (C=O) groups excluding carboxylic acids is 1. The summed E-state index contributed by atoms with van der Waals surface area (Å²) in [6, 6.07) is 11.5. The first-order valence-corrected chi connectivity index (χ1v) is 10.6. The summed E-state index contributed by atoms with van der Waals surface area (Å²) >= 11 is 1.52. The van der Waals surface area contributed by atoms with Crippen LogP contribution in [0.5, 0.6) is 5.75 Å². The number of piperidine rings is 1. The number of ether oxygens (including phenoxy) is 1. The Bertz CT molecular complexity index is 999. The molecule has 1 aliphatic rings. The average molecular weight is 413 g/mol. The van der Waals surface area contributed by atoms with Crippen molar-refractivity contribution in [2.24, 2.45) is 5.92 Å². The third-order valence-corrected chi connectivity index (χ3v) is 6.27. The van der Waals surface area contributed by atoms with Gasteiger partial charge in [0.2, 0.25) is 5.91 Å². The maximum atomic E-state index is 12.6. The van der Waals surface area contributed by atoms with Crippen LogP contribution >= 0.6 is 11.3 Å². The second-order valence-electron chi connectivity index (χ2n) is 7.28. The number of nitrogens with one attached hydrogen (secondary N) is 1. The van der Waals surface area contributed by atoms with E-state index in [1.165, 1.54) is 11.3 Å². The normalized spacial score (nSPS) is 14.9. The Morgan fingerprint density at radius 1 is 1.24 bits per heavy atom. The predicted octanol–water partition coefficient (Wildman–Crippen LogP) is 2.65. The van der Waals surface area contributed by atoms with Crippen molar-refractivity contribution in [1.29, 1.82) is 0 Å². The van der Waals surface area contributed by atoms with Gasteiger partial charge in [0, 0.05) is 19.5 Å². The van der Waals surface area contributed by atoms with E-state index in [-0.39, 0.29) is 11.6 Å². The number of amides is 1. The lowest BCUT2D eigenvalue weighted by Gasteiger charge is -2.32. The van der Waals surface area contributed by atoms with Gasteiger partial charge in [-0.2, -0.15) is 5.10 Å².